The number of anilines is 1. The van der Waals surface area contributed by atoms with E-state index in [0.29, 0.717) is 12.2 Å². The molecular weight excluding hydrogens is 279 g/mol. The van der Waals surface area contributed by atoms with Crippen LogP contribution in [0, 0.1) is 5.82 Å². The average Bonchev–Trinajstić information content (AvgIpc) is 2.41. The van der Waals surface area contributed by atoms with E-state index >= 15 is 0 Å². The summed E-state index contributed by atoms with van der Waals surface area (Å²) in [7, 11) is -2.02. The largest absolute Gasteiger partial charge is 0.316 e. The molecule has 0 aliphatic carbocycles. The molecule has 2 rings (SSSR count). The van der Waals surface area contributed by atoms with Crippen molar-refractivity contribution in [3.63, 3.8) is 0 Å². The second-order valence-corrected chi connectivity index (χ2v) is 5.93. The molecule has 0 heterocycles. The maximum Gasteiger partial charge on any atom is 0.262 e. The van der Waals surface area contributed by atoms with Gasteiger partial charge < -0.3 is 5.32 Å². The molecule has 0 radical (unpaired) electrons. The van der Waals surface area contributed by atoms with E-state index in [1.54, 1.807) is 19.2 Å². The third kappa shape index (κ3) is 3.34. The minimum absolute atomic E-state index is 0.100. The Hall–Kier alpha value is -1.92. The van der Waals surface area contributed by atoms with Crippen LogP contribution in [0.4, 0.5) is 10.1 Å². The van der Waals surface area contributed by atoms with Gasteiger partial charge in [0.1, 0.15) is 5.82 Å². The molecule has 0 spiro atoms. The second kappa shape index (κ2) is 6.02. The second-order valence-electron chi connectivity index (χ2n) is 4.25. The van der Waals surface area contributed by atoms with Gasteiger partial charge in [0, 0.05) is 6.54 Å². The number of hydrogen-bond donors (Lipinski definition) is 2. The van der Waals surface area contributed by atoms with Gasteiger partial charge in [-0.1, -0.05) is 24.3 Å². The van der Waals surface area contributed by atoms with Crippen molar-refractivity contribution in [3.05, 3.63) is 59.9 Å². The van der Waals surface area contributed by atoms with Crippen molar-refractivity contribution in [1.82, 2.24) is 5.32 Å². The molecule has 2 aromatic rings. The number of sulfonamides is 1. The van der Waals surface area contributed by atoms with Gasteiger partial charge >= 0.3 is 0 Å². The highest BCUT2D eigenvalue weighted by atomic mass is 32.2. The molecule has 0 fully saturated rings. The highest BCUT2D eigenvalue weighted by molar-refractivity contribution is 7.92. The molecule has 0 aromatic heterocycles. The molecule has 106 valence electrons. The van der Waals surface area contributed by atoms with Gasteiger partial charge in [-0.3, -0.25) is 4.72 Å². The summed E-state index contributed by atoms with van der Waals surface area (Å²) < 4.78 is 40.0. The van der Waals surface area contributed by atoms with Crippen LogP contribution in [0.1, 0.15) is 5.56 Å². The molecule has 4 nitrogen and oxygen atoms in total. The SMILES string of the molecule is CNCc1ccccc1NS(=O)(=O)c1cccc(F)c1. The zero-order chi connectivity index (χ0) is 14.6. The standard InChI is InChI=1S/C14H15FN2O2S/c1-16-10-11-5-2-3-8-14(11)17-20(18,19)13-7-4-6-12(15)9-13/h2-9,16-17H,10H2,1H3. The van der Waals surface area contributed by atoms with Crippen molar-refractivity contribution < 1.29 is 12.8 Å². The first-order chi connectivity index (χ1) is 9.53. The van der Waals surface area contributed by atoms with Crippen LogP contribution in [-0.4, -0.2) is 15.5 Å². The number of hydrogen-bond acceptors (Lipinski definition) is 3. The number of benzene rings is 2. The van der Waals surface area contributed by atoms with Crippen LogP contribution in [0.2, 0.25) is 0 Å². The van der Waals surface area contributed by atoms with Crippen molar-refractivity contribution in [2.75, 3.05) is 11.8 Å². The van der Waals surface area contributed by atoms with Crippen molar-refractivity contribution in [1.29, 1.82) is 0 Å². The summed E-state index contributed by atoms with van der Waals surface area (Å²) in [6.07, 6.45) is 0. The molecule has 0 saturated heterocycles. The molecule has 0 unspecified atom stereocenters. The summed E-state index contributed by atoms with van der Waals surface area (Å²) in [5, 5.41) is 2.96. The van der Waals surface area contributed by atoms with E-state index in [1.807, 2.05) is 12.1 Å². The van der Waals surface area contributed by atoms with E-state index in [-0.39, 0.29) is 4.90 Å². The molecular formula is C14H15FN2O2S. The number of rotatable bonds is 5. The van der Waals surface area contributed by atoms with Crippen LogP contribution < -0.4 is 10.0 Å². The summed E-state index contributed by atoms with van der Waals surface area (Å²) >= 11 is 0. The van der Waals surface area contributed by atoms with E-state index < -0.39 is 15.8 Å². The van der Waals surface area contributed by atoms with Crippen molar-refractivity contribution in [3.8, 4) is 0 Å². The number of halogens is 1. The van der Waals surface area contributed by atoms with Gasteiger partial charge in [0.05, 0.1) is 10.6 Å². The lowest BCUT2D eigenvalue weighted by atomic mass is 10.2. The van der Waals surface area contributed by atoms with E-state index in [2.05, 4.69) is 10.0 Å². The van der Waals surface area contributed by atoms with Crippen molar-refractivity contribution in [2.45, 2.75) is 11.4 Å². The lowest BCUT2D eigenvalue weighted by Crippen LogP contribution is -2.16. The summed E-state index contributed by atoms with van der Waals surface area (Å²) in [5.41, 5.74) is 1.29. The Kier molecular flexibility index (Phi) is 4.36. The Bertz CT molecular complexity index is 702. The zero-order valence-corrected chi connectivity index (χ0v) is 11.7. The monoisotopic (exact) mass is 294 g/mol. The fourth-order valence-corrected chi connectivity index (χ4v) is 2.93. The van der Waals surface area contributed by atoms with Gasteiger partial charge in [0.15, 0.2) is 0 Å². The molecule has 2 aromatic carbocycles. The molecule has 2 N–H and O–H groups in total. The van der Waals surface area contributed by atoms with Gasteiger partial charge in [-0.05, 0) is 36.9 Å². The van der Waals surface area contributed by atoms with Gasteiger partial charge in [-0.2, -0.15) is 0 Å². The molecule has 0 bridgehead atoms. The van der Waals surface area contributed by atoms with Crippen LogP contribution in [-0.2, 0) is 16.6 Å². The first kappa shape index (κ1) is 14.5. The normalized spacial score (nSPS) is 11.3. The number of nitrogens with one attached hydrogen (secondary N) is 2. The van der Waals surface area contributed by atoms with E-state index in [4.69, 9.17) is 0 Å². The number of para-hydroxylation sites is 1. The van der Waals surface area contributed by atoms with Crippen LogP contribution in [0.5, 0.6) is 0 Å². The first-order valence-corrected chi connectivity index (χ1v) is 7.52. The molecule has 20 heavy (non-hydrogen) atoms. The van der Waals surface area contributed by atoms with Crippen LogP contribution in [0.15, 0.2) is 53.4 Å². The summed E-state index contributed by atoms with van der Waals surface area (Å²) in [5.74, 6) is -0.587. The maximum absolute atomic E-state index is 13.1. The predicted molar refractivity (Wildman–Crippen MR) is 76.4 cm³/mol. The lowest BCUT2D eigenvalue weighted by Gasteiger charge is -2.12. The highest BCUT2D eigenvalue weighted by Crippen LogP contribution is 2.20. The molecule has 6 heteroatoms. The van der Waals surface area contributed by atoms with Gasteiger partial charge in [0.25, 0.3) is 10.0 Å². The molecule has 0 aliphatic heterocycles. The van der Waals surface area contributed by atoms with Crippen molar-refractivity contribution in [2.24, 2.45) is 0 Å². The van der Waals surface area contributed by atoms with Gasteiger partial charge in [-0.25, -0.2) is 12.8 Å². The molecule has 0 saturated carbocycles. The molecule has 0 aliphatic rings. The van der Waals surface area contributed by atoms with E-state index in [0.717, 1.165) is 11.6 Å². The summed E-state index contributed by atoms with van der Waals surface area (Å²) in [6.45, 7) is 0.530. The van der Waals surface area contributed by atoms with Crippen LogP contribution in [0.3, 0.4) is 0 Å². The minimum atomic E-state index is -3.79. The first-order valence-electron chi connectivity index (χ1n) is 6.04. The maximum atomic E-state index is 13.1. The Balaban J connectivity index is 2.34. The quantitative estimate of drug-likeness (QED) is 0.890. The molecule has 0 amide bonds. The zero-order valence-electron chi connectivity index (χ0n) is 10.9. The third-order valence-electron chi connectivity index (χ3n) is 2.74. The average molecular weight is 294 g/mol. The Morgan fingerprint density at radius 1 is 1.10 bits per heavy atom. The third-order valence-corrected chi connectivity index (χ3v) is 4.10. The Labute approximate surface area is 117 Å². The van der Waals surface area contributed by atoms with Gasteiger partial charge in [-0.15, -0.1) is 0 Å². The van der Waals surface area contributed by atoms with Crippen LogP contribution >= 0.6 is 0 Å². The fraction of sp³-hybridized carbons (Fsp3) is 0.143. The summed E-state index contributed by atoms with van der Waals surface area (Å²) in [6, 6.07) is 12.0. The van der Waals surface area contributed by atoms with Crippen LogP contribution in [0.25, 0.3) is 0 Å². The van der Waals surface area contributed by atoms with E-state index in [9.17, 15) is 12.8 Å². The Morgan fingerprint density at radius 3 is 2.55 bits per heavy atom. The van der Waals surface area contributed by atoms with Gasteiger partial charge in [0.2, 0.25) is 0 Å². The topological polar surface area (TPSA) is 58.2 Å². The van der Waals surface area contributed by atoms with Crippen molar-refractivity contribution >= 4 is 15.7 Å². The highest BCUT2D eigenvalue weighted by Gasteiger charge is 2.16. The predicted octanol–water partition coefficient (Wildman–Crippen LogP) is 2.35. The summed E-state index contributed by atoms with van der Waals surface area (Å²) in [4.78, 5) is -0.100. The van der Waals surface area contributed by atoms with E-state index in [1.165, 1.54) is 18.2 Å². The molecule has 0 atom stereocenters. The Morgan fingerprint density at radius 2 is 1.85 bits per heavy atom. The smallest absolute Gasteiger partial charge is 0.262 e. The lowest BCUT2D eigenvalue weighted by molar-refractivity contribution is 0.595. The minimum Gasteiger partial charge on any atom is -0.316 e. The fourth-order valence-electron chi connectivity index (χ4n) is 1.80.